The summed E-state index contributed by atoms with van der Waals surface area (Å²) in [6, 6.07) is 2.75. The molecular weight excluding hydrogens is 262 g/mol. The highest BCUT2D eigenvalue weighted by atomic mass is 16.5. The monoisotopic (exact) mass is 281 g/mol. The van der Waals surface area contributed by atoms with E-state index in [0.29, 0.717) is 19.7 Å². The van der Waals surface area contributed by atoms with Crippen LogP contribution in [0.25, 0.3) is 0 Å². The molecule has 0 saturated carbocycles. The molecule has 0 bridgehead atoms. The first-order valence-electron chi connectivity index (χ1n) is 6.19. The Morgan fingerprint density at radius 3 is 2.70 bits per heavy atom. The van der Waals surface area contributed by atoms with Crippen LogP contribution in [0, 0.1) is 0 Å². The molecule has 0 saturated heterocycles. The number of nitrogens with one attached hydrogen (secondary N) is 1. The van der Waals surface area contributed by atoms with Crippen molar-refractivity contribution in [3.63, 3.8) is 0 Å². The molecule has 1 heterocycles. The van der Waals surface area contributed by atoms with Crippen LogP contribution in [-0.2, 0) is 4.74 Å². The highest BCUT2D eigenvalue weighted by Gasteiger charge is 2.09. The number of pyridine rings is 1. The number of nitrogens with zero attached hydrogens (tertiary/aromatic N) is 2. The van der Waals surface area contributed by atoms with Crippen LogP contribution in [0.2, 0.25) is 0 Å². The number of aromatic nitrogens is 1. The summed E-state index contributed by atoms with van der Waals surface area (Å²) in [6.45, 7) is 2.62. The van der Waals surface area contributed by atoms with Gasteiger partial charge in [0.25, 0.3) is 5.91 Å². The lowest BCUT2D eigenvalue weighted by Crippen LogP contribution is -2.34. The minimum atomic E-state index is -1.07. The van der Waals surface area contributed by atoms with Crippen LogP contribution in [0.15, 0.2) is 18.3 Å². The largest absolute Gasteiger partial charge is 0.478 e. The Balaban J connectivity index is 2.37. The molecule has 0 atom stereocenters. The maximum atomic E-state index is 11.8. The number of carboxylic acid groups (broad SMARTS) is 1. The second-order valence-corrected chi connectivity index (χ2v) is 4.29. The molecule has 0 fully saturated rings. The molecule has 1 rings (SSSR count). The lowest BCUT2D eigenvalue weighted by molar-refractivity contribution is 0.0695. The second kappa shape index (κ2) is 8.23. The normalized spacial score (nSPS) is 10.6. The molecule has 0 radical (unpaired) electrons. The van der Waals surface area contributed by atoms with Gasteiger partial charge >= 0.3 is 5.97 Å². The van der Waals surface area contributed by atoms with Crippen molar-refractivity contribution < 1.29 is 19.4 Å². The number of methoxy groups -OCH3 is 1. The first-order valence-corrected chi connectivity index (χ1v) is 6.19. The van der Waals surface area contributed by atoms with Gasteiger partial charge in [-0.1, -0.05) is 0 Å². The van der Waals surface area contributed by atoms with E-state index in [-0.39, 0.29) is 17.2 Å². The molecule has 0 aromatic carbocycles. The van der Waals surface area contributed by atoms with Crippen molar-refractivity contribution in [3.8, 4) is 0 Å². The fourth-order valence-corrected chi connectivity index (χ4v) is 1.46. The molecule has 110 valence electrons. The van der Waals surface area contributed by atoms with Crippen LogP contribution < -0.4 is 5.32 Å². The zero-order valence-corrected chi connectivity index (χ0v) is 11.6. The van der Waals surface area contributed by atoms with Crippen molar-refractivity contribution in [2.45, 2.75) is 0 Å². The number of carboxylic acids is 1. The summed E-state index contributed by atoms with van der Waals surface area (Å²) in [5, 5.41) is 11.5. The number of amides is 1. The molecule has 0 unspecified atom stereocenters. The number of rotatable bonds is 8. The van der Waals surface area contributed by atoms with Gasteiger partial charge in [0, 0.05) is 32.9 Å². The van der Waals surface area contributed by atoms with E-state index in [9.17, 15) is 9.59 Å². The zero-order chi connectivity index (χ0) is 15.0. The van der Waals surface area contributed by atoms with E-state index in [1.165, 1.54) is 18.3 Å². The van der Waals surface area contributed by atoms with Crippen LogP contribution >= 0.6 is 0 Å². The van der Waals surface area contributed by atoms with Crippen molar-refractivity contribution in [2.75, 3.05) is 40.4 Å². The SMILES string of the molecule is COCCN(C)CCNC(=O)c1ccc(C(=O)O)cn1. The Hall–Kier alpha value is -1.99. The molecule has 7 nitrogen and oxygen atoms in total. The number of carbonyl (C=O) groups is 2. The summed E-state index contributed by atoms with van der Waals surface area (Å²) in [5.74, 6) is -1.38. The number of likely N-dealkylation sites (N-methyl/N-ethyl adjacent to an activating group) is 1. The minimum Gasteiger partial charge on any atom is -0.478 e. The van der Waals surface area contributed by atoms with Gasteiger partial charge < -0.3 is 20.1 Å². The summed E-state index contributed by atoms with van der Waals surface area (Å²) in [5.41, 5.74) is 0.260. The van der Waals surface area contributed by atoms with Gasteiger partial charge in [-0.25, -0.2) is 4.79 Å². The van der Waals surface area contributed by atoms with Gasteiger partial charge in [0.2, 0.25) is 0 Å². The Labute approximate surface area is 117 Å². The summed E-state index contributed by atoms with van der Waals surface area (Å²) in [7, 11) is 3.58. The second-order valence-electron chi connectivity index (χ2n) is 4.29. The highest BCUT2D eigenvalue weighted by molar-refractivity contribution is 5.93. The number of aromatic carboxylic acids is 1. The third kappa shape index (κ3) is 5.33. The van der Waals surface area contributed by atoms with Gasteiger partial charge in [0.1, 0.15) is 5.69 Å². The van der Waals surface area contributed by atoms with E-state index in [2.05, 4.69) is 10.3 Å². The quantitative estimate of drug-likeness (QED) is 0.701. The lowest BCUT2D eigenvalue weighted by atomic mass is 10.2. The maximum absolute atomic E-state index is 11.8. The minimum absolute atomic E-state index is 0.0563. The van der Waals surface area contributed by atoms with E-state index in [0.717, 1.165) is 6.54 Å². The van der Waals surface area contributed by atoms with Gasteiger partial charge in [-0.05, 0) is 19.2 Å². The molecule has 1 aromatic rings. The molecule has 7 heteroatoms. The number of hydrogen-bond acceptors (Lipinski definition) is 5. The van der Waals surface area contributed by atoms with Gasteiger partial charge in [-0.15, -0.1) is 0 Å². The fraction of sp³-hybridized carbons (Fsp3) is 0.462. The zero-order valence-electron chi connectivity index (χ0n) is 11.6. The summed E-state index contributed by atoms with van der Waals surface area (Å²) < 4.78 is 4.95. The maximum Gasteiger partial charge on any atom is 0.337 e. The van der Waals surface area contributed by atoms with Crippen molar-refractivity contribution in [3.05, 3.63) is 29.6 Å². The third-order valence-electron chi connectivity index (χ3n) is 2.70. The molecule has 1 aromatic heterocycles. The number of carbonyl (C=O) groups excluding carboxylic acids is 1. The Kier molecular flexibility index (Phi) is 6.61. The van der Waals surface area contributed by atoms with Crippen LogP contribution in [0.5, 0.6) is 0 Å². The molecule has 1 amide bonds. The van der Waals surface area contributed by atoms with Gasteiger partial charge in [0.15, 0.2) is 0 Å². The first-order chi connectivity index (χ1) is 9.54. The standard InChI is InChI=1S/C13H19N3O4/c1-16(7-8-20-2)6-5-14-12(17)11-4-3-10(9-15-11)13(18)19/h3-4,9H,5-8H2,1-2H3,(H,14,17)(H,18,19). The average molecular weight is 281 g/mol. The summed E-state index contributed by atoms with van der Waals surface area (Å²) >= 11 is 0. The van der Waals surface area contributed by atoms with E-state index in [1.807, 2.05) is 11.9 Å². The van der Waals surface area contributed by atoms with Crippen LogP contribution in [0.1, 0.15) is 20.8 Å². The molecule has 20 heavy (non-hydrogen) atoms. The van der Waals surface area contributed by atoms with Crippen molar-refractivity contribution >= 4 is 11.9 Å². The number of hydrogen-bond donors (Lipinski definition) is 2. The molecule has 0 aliphatic heterocycles. The van der Waals surface area contributed by atoms with E-state index < -0.39 is 5.97 Å². The predicted molar refractivity (Wildman–Crippen MR) is 72.9 cm³/mol. The molecule has 2 N–H and O–H groups in total. The fourth-order valence-electron chi connectivity index (χ4n) is 1.46. The Morgan fingerprint density at radius 2 is 2.15 bits per heavy atom. The number of ether oxygens (including phenoxy) is 1. The lowest BCUT2D eigenvalue weighted by Gasteiger charge is -2.15. The van der Waals surface area contributed by atoms with Crippen LogP contribution in [-0.4, -0.2) is 67.3 Å². The van der Waals surface area contributed by atoms with Crippen LogP contribution in [0.4, 0.5) is 0 Å². The molecular formula is C13H19N3O4. The van der Waals surface area contributed by atoms with Gasteiger partial charge in [-0.2, -0.15) is 0 Å². The highest BCUT2D eigenvalue weighted by Crippen LogP contribution is 2.00. The smallest absolute Gasteiger partial charge is 0.337 e. The van der Waals surface area contributed by atoms with Crippen LogP contribution in [0.3, 0.4) is 0 Å². The molecule has 0 aliphatic carbocycles. The van der Waals surface area contributed by atoms with Gasteiger partial charge in [0.05, 0.1) is 12.2 Å². The van der Waals surface area contributed by atoms with E-state index >= 15 is 0 Å². The van der Waals surface area contributed by atoms with Crippen molar-refractivity contribution in [1.29, 1.82) is 0 Å². The predicted octanol–water partition coefficient (Wildman–Crippen LogP) is 0.0878. The van der Waals surface area contributed by atoms with E-state index in [4.69, 9.17) is 9.84 Å². The average Bonchev–Trinajstić information content (AvgIpc) is 2.45. The van der Waals surface area contributed by atoms with E-state index in [1.54, 1.807) is 7.11 Å². The van der Waals surface area contributed by atoms with Gasteiger partial charge in [-0.3, -0.25) is 9.78 Å². The molecule has 0 aliphatic rings. The summed E-state index contributed by atoms with van der Waals surface area (Å²) in [4.78, 5) is 28.3. The first kappa shape index (κ1) is 16.1. The van der Waals surface area contributed by atoms with Crippen molar-refractivity contribution in [1.82, 2.24) is 15.2 Å². The van der Waals surface area contributed by atoms with Crippen molar-refractivity contribution in [2.24, 2.45) is 0 Å². The topological polar surface area (TPSA) is 91.8 Å². The molecule has 0 spiro atoms. The summed E-state index contributed by atoms with van der Waals surface area (Å²) in [6.07, 6.45) is 1.17. The Bertz CT molecular complexity index is 447. The third-order valence-corrected chi connectivity index (χ3v) is 2.70. The Morgan fingerprint density at radius 1 is 1.40 bits per heavy atom.